The Morgan fingerprint density at radius 2 is 1.94 bits per heavy atom. The Kier molecular flexibility index (Phi) is 3.92. The maximum Gasteiger partial charge on any atom is 0.125 e. The van der Waals surface area contributed by atoms with Gasteiger partial charge in [-0.3, -0.25) is 0 Å². The zero-order chi connectivity index (χ0) is 12.2. The molecule has 0 aliphatic rings. The highest BCUT2D eigenvalue weighted by Gasteiger charge is 2.17. The van der Waals surface area contributed by atoms with Crippen LogP contribution in [0.4, 0.5) is 0 Å². The molecule has 1 atom stereocenters. The van der Waals surface area contributed by atoms with Crippen LogP contribution in [0.15, 0.2) is 18.2 Å². The minimum atomic E-state index is -0.809. The second kappa shape index (κ2) is 5.00. The van der Waals surface area contributed by atoms with Crippen LogP contribution in [-0.2, 0) is 0 Å². The molecule has 0 saturated carbocycles. The number of nitriles is 1. The molecule has 0 spiro atoms. The van der Waals surface area contributed by atoms with Gasteiger partial charge in [-0.2, -0.15) is 5.26 Å². The summed E-state index contributed by atoms with van der Waals surface area (Å²) >= 11 is 0. The molecule has 16 heavy (non-hydrogen) atoms. The topological polar surface area (TPSA) is 59.0 Å². The van der Waals surface area contributed by atoms with Crippen molar-refractivity contribution in [3.63, 3.8) is 0 Å². The molecule has 86 valence electrons. The normalized spacial score (nSPS) is 13.9. The third-order valence-electron chi connectivity index (χ3n) is 2.53. The maximum atomic E-state index is 8.77. The number of hydrogen-bond acceptors (Lipinski definition) is 3. The molecule has 0 fully saturated rings. The van der Waals surface area contributed by atoms with Gasteiger partial charge in [-0.25, -0.2) is 0 Å². The molecule has 1 aromatic carbocycles. The van der Waals surface area contributed by atoms with Crippen LogP contribution >= 0.6 is 0 Å². The van der Waals surface area contributed by atoms with E-state index in [1.54, 1.807) is 6.92 Å². The summed E-state index contributed by atoms with van der Waals surface area (Å²) < 4.78 is 5.67. The highest BCUT2D eigenvalue weighted by molar-refractivity contribution is 5.39. The highest BCUT2D eigenvalue weighted by Crippen LogP contribution is 2.22. The monoisotopic (exact) mass is 218 g/mol. The molecule has 0 saturated heterocycles. The molecule has 3 heteroatoms. The fourth-order valence-corrected chi connectivity index (χ4v) is 1.45. The highest BCUT2D eigenvalue weighted by atomic mass is 16.5. The molecule has 0 radical (unpaired) electrons. The second-order valence-corrected chi connectivity index (χ2v) is 4.35. The van der Waals surface area contributed by atoms with E-state index in [-0.39, 0.29) is 0 Å². The lowest BCUT2D eigenvalue weighted by atomic mass is 10.0. The fourth-order valence-electron chi connectivity index (χ4n) is 1.45. The summed E-state index contributed by atoms with van der Waals surface area (Å²) in [7, 11) is 0. The van der Waals surface area contributed by atoms with E-state index in [0.717, 1.165) is 16.9 Å². The zero-order valence-electron chi connectivity index (χ0n) is 10.1. The Morgan fingerprint density at radius 1 is 1.38 bits per heavy atom. The minimum Gasteiger partial charge on any atom is -0.493 e. The first-order valence-corrected chi connectivity index (χ1v) is 5.35. The van der Waals surface area contributed by atoms with Gasteiger partial charge >= 0.3 is 0 Å². The van der Waals surface area contributed by atoms with Gasteiger partial charge in [0.25, 0.3) is 0 Å². The quantitative estimate of drug-likeness (QED) is 0.843. The van der Waals surface area contributed by atoms with Crippen molar-refractivity contribution in [2.75, 3.05) is 6.61 Å². The van der Waals surface area contributed by atoms with Crippen LogP contribution in [0.2, 0.25) is 0 Å². The molecular weight excluding hydrogens is 200 g/mol. The molecule has 0 amide bonds. The van der Waals surface area contributed by atoms with Gasteiger partial charge < -0.3 is 10.5 Å². The zero-order valence-corrected chi connectivity index (χ0v) is 10.1. The molecule has 3 nitrogen and oxygen atoms in total. The smallest absolute Gasteiger partial charge is 0.125 e. The molecule has 0 aliphatic carbocycles. The molecule has 0 bridgehead atoms. The van der Waals surface area contributed by atoms with Crippen molar-refractivity contribution in [1.29, 1.82) is 5.26 Å². The Labute approximate surface area is 96.8 Å². The average Bonchev–Trinajstić information content (AvgIpc) is 2.22. The number of nitrogens with zero attached hydrogens (tertiary/aromatic N) is 1. The third-order valence-corrected chi connectivity index (χ3v) is 2.53. The molecule has 1 aromatic rings. The van der Waals surface area contributed by atoms with E-state index in [1.807, 2.05) is 32.0 Å². The number of hydrogen-bond donors (Lipinski definition) is 1. The SMILES string of the molecule is Cc1cccc(C)c1OCCC(C)(N)C#N. The van der Waals surface area contributed by atoms with Gasteiger partial charge in [-0.05, 0) is 31.9 Å². The summed E-state index contributed by atoms with van der Waals surface area (Å²) in [5.74, 6) is 0.899. The minimum absolute atomic E-state index is 0.465. The van der Waals surface area contributed by atoms with Gasteiger partial charge in [0, 0.05) is 6.42 Å². The first-order valence-electron chi connectivity index (χ1n) is 5.35. The third kappa shape index (κ3) is 3.25. The van der Waals surface area contributed by atoms with Crippen molar-refractivity contribution >= 4 is 0 Å². The molecule has 2 N–H and O–H groups in total. The van der Waals surface area contributed by atoms with Gasteiger partial charge in [0.15, 0.2) is 0 Å². The predicted octanol–water partition coefficient (Wildman–Crippen LogP) is 2.31. The number of rotatable bonds is 4. The Bertz CT molecular complexity index is 385. The van der Waals surface area contributed by atoms with E-state index in [0.29, 0.717) is 13.0 Å². The van der Waals surface area contributed by atoms with Crippen molar-refractivity contribution in [1.82, 2.24) is 0 Å². The van der Waals surface area contributed by atoms with Crippen molar-refractivity contribution in [3.05, 3.63) is 29.3 Å². The molecular formula is C13H18N2O. The molecule has 0 heterocycles. The first-order chi connectivity index (χ1) is 7.46. The molecule has 0 aromatic heterocycles. The van der Waals surface area contributed by atoms with E-state index in [1.165, 1.54) is 0 Å². The molecule has 1 unspecified atom stereocenters. The molecule has 1 rings (SSSR count). The lowest BCUT2D eigenvalue weighted by molar-refractivity contribution is 0.283. The van der Waals surface area contributed by atoms with Crippen LogP contribution < -0.4 is 10.5 Å². The summed E-state index contributed by atoms with van der Waals surface area (Å²) in [6.45, 7) is 6.19. The summed E-state index contributed by atoms with van der Waals surface area (Å²) in [5.41, 5.74) is 7.12. The van der Waals surface area contributed by atoms with Crippen LogP contribution in [0.3, 0.4) is 0 Å². The first kappa shape index (κ1) is 12.5. The summed E-state index contributed by atoms with van der Waals surface area (Å²) in [6.07, 6.45) is 0.525. The summed E-state index contributed by atoms with van der Waals surface area (Å²) in [6, 6.07) is 8.07. The largest absolute Gasteiger partial charge is 0.493 e. The van der Waals surface area contributed by atoms with E-state index >= 15 is 0 Å². The van der Waals surface area contributed by atoms with Crippen LogP contribution in [-0.4, -0.2) is 12.1 Å². The number of nitrogens with two attached hydrogens (primary N) is 1. The van der Waals surface area contributed by atoms with Gasteiger partial charge in [0.05, 0.1) is 12.7 Å². The number of para-hydroxylation sites is 1. The predicted molar refractivity (Wildman–Crippen MR) is 64.2 cm³/mol. The van der Waals surface area contributed by atoms with Crippen LogP contribution in [0.5, 0.6) is 5.75 Å². The number of benzene rings is 1. The summed E-state index contributed by atoms with van der Waals surface area (Å²) in [4.78, 5) is 0. The maximum absolute atomic E-state index is 8.77. The van der Waals surface area contributed by atoms with E-state index < -0.39 is 5.54 Å². The standard InChI is InChI=1S/C13H18N2O/c1-10-5-4-6-11(2)12(10)16-8-7-13(3,15)9-14/h4-6H,7-8,15H2,1-3H3. The van der Waals surface area contributed by atoms with Gasteiger partial charge in [0.1, 0.15) is 11.3 Å². The van der Waals surface area contributed by atoms with E-state index in [9.17, 15) is 0 Å². The van der Waals surface area contributed by atoms with Crippen molar-refractivity contribution in [3.8, 4) is 11.8 Å². The van der Waals surface area contributed by atoms with Crippen LogP contribution in [0.25, 0.3) is 0 Å². The lowest BCUT2D eigenvalue weighted by Gasteiger charge is -2.17. The van der Waals surface area contributed by atoms with Gasteiger partial charge in [0.2, 0.25) is 0 Å². The average molecular weight is 218 g/mol. The van der Waals surface area contributed by atoms with E-state index in [4.69, 9.17) is 15.7 Å². The van der Waals surface area contributed by atoms with Crippen molar-refractivity contribution in [2.24, 2.45) is 5.73 Å². The van der Waals surface area contributed by atoms with Crippen LogP contribution in [0, 0.1) is 25.2 Å². The Hall–Kier alpha value is -1.53. The van der Waals surface area contributed by atoms with E-state index in [2.05, 4.69) is 6.07 Å². The Balaban J connectivity index is 2.60. The Morgan fingerprint density at radius 3 is 2.44 bits per heavy atom. The number of aryl methyl sites for hydroxylation is 2. The van der Waals surface area contributed by atoms with Gasteiger partial charge in [-0.15, -0.1) is 0 Å². The number of ether oxygens (including phenoxy) is 1. The fraction of sp³-hybridized carbons (Fsp3) is 0.462. The van der Waals surface area contributed by atoms with Crippen molar-refractivity contribution in [2.45, 2.75) is 32.7 Å². The van der Waals surface area contributed by atoms with Gasteiger partial charge in [-0.1, -0.05) is 18.2 Å². The second-order valence-electron chi connectivity index (χ2n) is 4.35. The summed E-state index contributed by atoms with van der Waals surface area (Å²) in [5, 5.41) is 8.77. The lowest BCUT2D eigenvalue weighted by Crippen LogP contribution is -2.35. The van der Waals surface area contributed by atoms with Crippen molar-refractivity contribution < 1.29 is 4.74 Å². The van der Waals surface area contributed by atoms with Crippen LogP contribution in [0.1, 0.15) is 24.5 Å². The molecule has 0 aliphatic heterocycles.